The number of aryl methyl sites for hydroxylation is 2. The Balaban J connectivity index is 2.58. The van der Waals surface area contributed by atoms with Crippen molar-refractivity contribution in [2.75, 3.05) is 0 Å². The van der Waals surface area contributed by atoms with Crippen molar-refractivity contribution < 1.29 is 0 Å². The molecule has 1 aromatic rings. The number of rotatable bonds is 4. The summed E-state index contributed by atoms with van der Waals surface area (Å²) in [5.41, 5.74) is 4.11. The van der Waals surface area contributed by atoms with Crippen molar-refractivity contribution in [3.8, 4) is 11.8 Å². The van der Waals surface area contributed by atoms with Crippen LogP contribution in [0.15, 0.2) is 35.1 Å². The lowest BCUT2D eigenvalue weighted by Crippen LogP contribution is -1.99. The lowest BCUT2D eigenvalue weighted by Gasteiger charge is -2.07. The number of allylic oxidation sites excluding steroid dienone is 2. The average Bonchev–Trinajstić information content (AvgIpc) is 2.37. The Morgan fingerprint density at radius 3 is 2.57 bits per heavy atom. The fourth-order valence-electron chi connectivity index (χ4n) is 1.65. The predicted molar refractivity (Wildman–Crippen MR) is 105 cm³/mol. The smallest absolute Gasteiger partial charge is 0.0543 e. The van der Waals surface area contributed by atoms with Crippen LogP contribution < -0.4 is 0 Å². The third-order valence-electron chi connectivity index (χ3n) is 2.84. The third-order valence-corrected chi connectivity index (χ3v) is 4.72. The molecule has 1 aromatic carbocycles. The molecule has 0 saturated heterocycles. The molecule has 0 radical (unpaired) electrons. The average molecular weight is 410 g/mol. The van der Waals surface area contributed by atoms with E-state index < -0.39 is 0 Å². The largest absolute Gasteiger partial charge is 0.0914 e. The van der Waals surface area contributed by atoms with Gasteiger partial charge in [-0.3, -0.25) is 0 Å². The van der Waals surface area contributed by atoms with E-state index in [-0.39, 0.29) is 5.41 Å². The van der Waals surface area contributed by atoms with Crippen molar-refractivity contribution >= 4 is 34.4 Å². The zero-order valence-corrected chi connectivity index (χ0v) is 16.5. The molecule has 0 atom stereocenters. The normalized spacial score (nSPS) is 11.3. The number of thioether (sulfide) groups is 1. The lowest BCUT2D eigenvalue weighted by molar-refractivity contribution is 0.571. The minimum atomic E-state index is 0.0308. The first kappa shape index (κ1) is 18.4. The minimum Gasteiger partial charge on any atom is -0.0914 e. The molecule has 0 fully saturated rings. The molecule has 0 aromatic heterocycles. The molecule has 0 unspecified atom stereocenters. The standard InChI is InChI=1S/C19H23IS/c1-14-13-18(20)15(2)12-17(14)8-7-11-21-16(3)9-10-19(4,5)6/h7,11-13H,3,8H2,1-2,4-6H3/b11-7+. The van der Waals surface area contributed by atoms with Gasteiger partial charge in [-0.25, -0.2) is 0 Å². The Hall–Kier alpha value is -0.660. The van der Waals surface area contributed by atoms with Gasteiger partial charge >= 0.3 is 0 Å². The van der Waals surface area contributed by atoms with E-state index in [1.807, 2.05) is 0 Å². The molecule has 0 saturated carbocycles. The second kappa shape index (κ2) is 8.10. The van der Waals surface area contributed by atoms with Crippen LogP contribution in [0.25, 0.3) is 0 Å². The highest BCUT2D eigenvalue weighted by molar-refractivity contribution is 14.1. The van der Waals surface area contributed by atoms with Gasteiger partial charge in [0.1, 0.15) is 0 Å². The summed E-state index contributed by atoms with van der Waals surface area (Å²) >= 11 is 3.99. The van der Waals surface area contributed by atoms with E-state index in [1.54, 1.807) is 11.8 Å². The highest BCUT2D eigenvalue weighted by Gasteiger charge is 2.03. The number of benzene rings is 1. The maximum absolute atomic E-state index is 3.98. The van der Waals surface area contributed by atoms with Crippen LogP contribution in [0, 0.1) is 34.7 Å². The second-order valence-corrected chi connectivity index (χ2v) is 8.31. The van der Waals surface area contributed by atoms with Gasteiger partial charge in [0.2, 0.25) is 0 Å². The first-order valence-electron chi connectivity index (χ1n) is 6.98. The van der Waals surface area contributed by atoms with Crippen molar-refractivity contribution in [2.24, 2.45) is 5.41 Å². The van der Waals surface area contributed by atoms with Crippen LogP contribution in [0.1, 0.15) is 37.5 Å². The van der Waals surface area contributed by atoms with Gasteiger partial charge in [-0.1, -0.05) is 42.3 Å². The molecule has 0 aliphatic carbocycles. The lowest BCUT2D eigenvalue weighted by atomic mass is 9.98. The molecule has 0 amide bonds. The number of hydrogen-bond acceptors (Lipinski definition) is 1. The van der Waals surface area contributed by atoms with Crippen LogP contribution in [0.4, 0.5) is 0 Å². The van der Waals surface area contributed by atoms with Crippen LogP contribution in [0.3, 0.4) is 0 Å². The Morgan fingerprint density at radius 1 is 1.29 bits per heavy atom. The second-order valence-electron chi connectivity index (χ2n) is 6.14. The van der Waals surface area contributed by atoms with Gasteiger partial charge in [0.25, 0.3) is 0 Å². The molecule has 21 heavy (non-hydrogen) atoms. The summed E-state index contributed by atoms with van der Waals surface area (Å²) in [6, 6.07) is 4.53. The predicted octanol–water partition coefficient (Wildman–Crippen LogP) is 6.26. The third kappa shape index (κ3) is 7.24. The summed E-state index contributed by atoms with van der Waals surface area (Å²) in [6.45, 7) is 14.6. The molecule has 0 nitrogen and oxygen atoms in total. The molecule has 0 bridgehead atoms. The van der Waals surface area contributed by atoms with Gasteiger partial charge in [0, 0.05) is 8.99 Å². The maximum Gasteiger partial charge on any atom is 0.0543 e. The fraction of sp³-hybridized carbons (Fsp3) is 0.368. The number of halogens is 1. The summed E-state index contributed by atoms with van der Waals surface area (Å²) < 4.78 is 1.33. The van der Waals surface area contributed by atoms with Crippen molar-refractivity contribution in [2.45, 2.75) is 41.0 Å². The van der Waals surface area contributed by atoms with Gasteiger partial charge in [-0.05, 0) is 91.8 Å². The molecule has 112 valence electrons. The Bertz CT molecular complexity index is 607. The summed E-state index contributed by atoms with van der Waals surface area (Å²) in [5.74, 6) is 6.31. The van der Waals surface area contributed by atoms with Gasteiger partial charge in [-0.2, -0.15) is 0 Å². The highest BCUT2D eigenvalue weighted by Crippen LogP contribution is 2.20. The number of hydrogen-bond donors (Lipinski definition) is 0. The molecule has 0 heterocycles. The topological polar surface area (TPSA) is 0 Å². The molecule has 0 N–H and O–H groups in total. The van der Waals surface area contributed by atoms with E-state index >= 15 is 0 Å². The molecule has 0 aliphatic rings. The van der Waals surface area contributed by atoms with Crippen molar-refractivity contribution in [1.82, 2.24) is 0 Å². The maximum atomic E-state index is 3.98. The molecule has 1 rings (SSSR count). The van der Waals surface area contributed by atoms with E-state index in [2.05, 4.69) is 99.2 Å². The van der Waals surface area contributed by atoms with Crippen LogP contribution in [0.2, 0.25) is 0 Å². The van der Waals surface area contributed by atoms with Crippen molar-refractivity contribution in [3.63, 3.8) is 0 Å². The van der Waals surface area contributed by atoms with E-state index in [4.69, 9.17) is 0 Å². The SMILES string of the molecule is C=C(C#CC(C)(C)C)S/C=C/Cc1cc(C)c(I)cc1C. The molecular formula is C19H23IS. The first-order valence-corrected chi connectivity index (χ1v) is 8.94. The Labute approximate surface area is 147 Å². The summed E-state index contributed by atoms with van der Waals surface area (Å²) in [6.07, 6.45) is 3.14. The quantitative estimate of drug-likeness (QED) is 0.417. The molecule has 0 aliphatic heterocycles. The van der Waals surface area contributed by atoms with Crippen molar-refractivity contribution in [3.05, 3.63) is 55.4 Å². The summed E-state index contributed by atoms with van der Waals surface area (Å²) in [4.78, 5) is 0.900. The van der Waals surface area contributed by atoms with Crippen LogP contribution in [0.5, 0.6) is 0 Å². The Morgan fingerprint density at radius 2 is 1.95 bits per heavy atom. The van der Waals surface area contributed by atoms with Crippen LogP contribution in [-0.4, -0.2) is 0 Å². The zero-order chi connectivity index (χ0) is 16.0. The van der Waals surface area contributed by atoms with E-state index in [1.165, 1.54) is 20.3 Å². The molecule has 2 heteroatoms. The highest BCUT2D eigenvalue weighted by atomic mass is 127. The van der Waals surface area contributed by atoms with Gasteiger partial charge < -0.3 is 0 Å². The zero-order valence-electron chi connectivity index (χ0n) is 13.5. The first-order chi connectivity index (χ1) is 9.69. The van der Waals surface area contributed by atoms with Crippen LogP contribution >= 0.6 is 34.4 Å². The van der Waals surface area contributed by atoms with Gasteiger partial charge in [0.15, 0.2) is 0 Å². The van der Waals surface area contributed by atoms with E-state index in [0.717, 1.165) is 11.3 Å². The monoisotopic (exact) mass is 410 g/mol. The van der Waals surface area contributed by atoms with E-state index in [9.17, 15) is 0 Å². The van der Waals surface area contributed by atoms with E-state index in [0.29, 0.717) is 0 Å². The minimum absolute atomic E-state index is 0.0308. The van der Waals surface area contributed by atoms with Crippen molar-refractivity contribution in [1.29, 1.82) is 0 Å². The summed E-state index contributed by atoms with van der Waals surface area (Å²) in [5, 5.41) is 2.09. The summed E-state index contributed by atoms with van der Waals surface area (Å²) in [7, 11) is 0. The molecule has 0 spiro atoms. The fourth-order valence-corrected chi connectivity index (χ4v) is 2.74. The Kier molecular flexibility index (Phi) is 7.09. The van der Waals surface area contributed by atoms with Gasteiger partial charge in [0.05, 0.1) is 4.91 Å². The van der Waals surface area contributed by atoms with Gasteiger partial charge in [-0.15, -0.1) is 0 Å². The van der Waals surface area contributed by atoms with Crippen LogP contribution in [-0.2, 0) is 6.42 Å². The molecular weight excluding hydrogens is 387 g/mol.